The zero-order valence-electron chi connectivity index (χ0n) is 8.82. The van der Waals surface area contributed by atoms with Crippen LogP contribution in [0.1, 0.15) is 19.6 Å². The van der Waals surface area contributed by atoms with Crippen LogP contribution >= 0.6 is 11.6 Å². The van der Waals surface area contributed by atoms with Crippen molar-refractivity contribution in [1.29, 1.82) is 0 Å². The second kappa shape index (κ2) is 3.49. The number of carbonyl (C=O) groups is 1. The standard InChI is InChI=1S/C11H10ClNO3/c1-11(2,10(14)15)9-6-4-3-5-7(12)8(6)13-16-9/h3-5H,1-2H3,(H,14,15). The fraction of sp³-hybridized carbons (Fsp3) is 0.273. The first-order valence-electron chi connectivity index (χ1n) is 4.72. The molecule has 0 saturated carbocycles. The minimum atomic E-state index is -1.13. The van der Waals surface area contributed by atoms with Crippen molar-refractivity contribution < 1.29 is 14.4 Å². The third-order valence-electron chi connectivity index (χ3n) is 2.56. The van der Waals surface area contributed by atoms with Crippen molar-refractivity contribution in [2.24, 2.45) is 0 Å². The Kier molecular flexibility index (Phi) is 2.39. The fourth-order valence-electron chi connectivity index (χ4n) is 1.48. The van der Waals surface area contributed by atoms with E-state index in [1.165, 1.54) is 0 Å². The summed E-state index contributed by atoms with van der Waals surface area (Å²) in [5.74, 6) is -0.650. The van der Waals surface area contributed by atoms with E-state index in [1.54, 1.807) is 32.0 Å². The van der Waals surface area contributed by atoms with Crippen molar-refractivity contribution in [2.75, 3.05) is 0 Å². The average molecular weight is 240 g/mol. The predicted octanol–water partition coefficient (Wildman–Crippen LogP) is 2.84. The number of fused-ring (bicyclic) bond motifs is 1. The monoisotopic (exact) mass is 239 g/mol. The molecular formula is C11H10ClNO3. The SMILES string of the molecule is CC(C)(C(=O)O)c1onc2c(Cl)cccc12. The van der Waals surface area contributed by atoms with Crippen LogP contribution in [0.5, 0.6) is 0 Å². The zero-order valence-corrected chi connectivity index (χ0v) is 9.58. The van der Waals surface area contributed by atoms with Crippen LogP contribution in [0.4, 0.5) is 0 Å². The fourth-order valence-corrected chi connectivity index (χ4v) is 1.69. The third-order valence-corrected chi connectivity index (χ3v) is 2.87. The van der Waals surface area contributed by atoms with E-state index < -0.39 is 11.4 Å². The van der Waals surface area contributed by atoms with Gasteiger partial charge in [0.15, 0.2) is 5.76 Å². The van der Waals surface area contributed by atoms with E-state index in [1.807, 2.05) is 0 Å². The molecule has 1 heterocycles. The van der Waals surface area contributed by atoms with Crippen LogP contribution < -0.4 is 0 Å². The topological polar surface area (TPSA) is 63.3 Å². The Morgan fingerprint density at radius 3 is 2.81 bits per heavy atom. The van der Waals surface area contributed by atoms with Crippen molar-refractivity contribution in [3.63, 3.8) is 0 Å². The maximum Gasteiger partial charge on any atom is 0.316 e. The number of benzene rings is 1. The highest BCUT2D eigenvalue weighted by Crippen LogP contribution is 2.33. The number of rotatable bonds is 2. The number of nitrogens with zero attached hydrogens (tertiary/aromatic N) is 1. The zero-order chi connectivity index (χ0) is 11.9. The molecule has 0 atom stereocenters. The largest absolute Gasteiger partial charge is 0.481 e. The summed E-state index contributed by atoms with van der Waals surface area (Å²) in [5.41, 5.74) is -0.632. The molecule has 0 aliphatic carbocycles. The summed E-state index contributed by atoms with van der Waals surface area (Å²) in [6.45, 7) is 3.13. The minimum absolute atomic E-state index is 0.317. The van der Waals surface area contributed by atoms with Crippen LogP contribution in [0.15, 0.2) is 22.7 Å². The summed E-state index contributed by atoms with van der Waals surface area (Å²) in [6.07, 6.45) is 0. The van der Waals surface area contributed by atoms with E-state index in [4.69, 9.17) is 21.2 Å². The molecule has 1 aromatic heterocycles. The second-order valence-electron chi connectivity index (χ2n) is 4.08. The van der Waals surface area contributed by atoms with Gasteiger partial charge >= 0.3 is 5.97 Å². The number of aliphatic carboxylic acids is 1. The van der Waals surface area contributed by atoms with Gasteiger partial charge in [-0.1, -0.05) is 22.8 Å². The number of hydrogen-bond donors (Lipinski definition) is 1. The van der Waals surface area contributed by atoms with E-state index in [0.717, 1.165) is 0 Å². The van der Waals surface area contributed by atoms with Crippen LogP contribution in [0, 0.1) is 0 Å². The highest BCUT2D eigenvalue weighted by molar-refractivity contribution is 6.35. The van der Waals surface area contributed by atoms with Gasteiger partial charge in [-0.3, -0.25) is 4.79 Å². The average Bonchev–Trinajstić information content (AvgIpc) is 2.63. The molecule has 0 radical (unpaired) electrons. The molecule has 0 aliphatic heterocycles. The Labute approximate surface area is 96.8 Å². The Balaban J connectivity index is 2.72. The number of halogens is 1. The summed E-state index contributed by atoms with van der Waals surface area (Å²) < 4.78 is 5.11. The molecule has 84 valence electrons. The first-order valence-corrected chi connectivity index (χ1v) is 5.10. The normalized spacial score (nSPS) is 11.9. The highest BCUT2D eigenvalue weighted by Gasteiger charge is 2.35. The molecule has 16 heavy (non-hydrogen) atoms. The molecule has 2 rings (SSSR count). The molecule has 0 aliphatic rings. The summed E-state index contributed by atoms with van der Waals surface area (Å²) in [4.78, 5) is 11.1. The molecule has 0 bridgehead atoms. The quantitative estimate of drug-likeness (QED) is 0.875. The number of carboxylic acids is 1. The molecule has 0 unspecified atom stereocenters. The number of carboxylic acid groups (broad SMARTS) is 1. The molecule has 5 heteroatoms. The van der Waals surface area contributed by atoms with Crippen molar-refractivity contribution >= 4 is 28.5 Å². The lowest BCUT2D eigenvalue weighted by molar-refractivity contribution is -0.143. The van der Waals surface area contributed by atoms with Gasteiger partial charge in [-0.05, 0) is 26.0 Å². The lowest BCUT2D eigenvalue weighted by Crippen LogP contribution is -2.28. The predicted molar refractivity (Wildman–Crippen MR) is 59.7 cm³/mol. The van der Waals surface area contributed by atoms with Crippen LogP contribution in [0.25, 0.3) is 10.9 Å². The van der Waals surface area contributed by atoms with E-state index in [2.05, 4.69) is 5.16 Å². The van der Waals surface area contributed by atoms with Crippen LogP contribution in [0.3, 0.4) is 0 Å². The summed E-state index contributed by atoms with van der Waals surface area (Å²) in [5, 5.41) is 14.0. The van der Waals surface area contributed by atoms with Gasteiger partial charge in [0.1, 0.15) is 10.9 Å². The van der Waals surface area contributed by atoms with E-state index in [9.17, 15) is 4.79 Å². The highest BCUT2D eigenvalue weighted by atomic mass is 35.5. The van der Waals surface area contributed by atoms with Gasteiger partial charge in [0.05, 0.1) is 5.02 Å². The van der Waals surface area contributed by atoms with Gasteiger partial charge in [-0.2, -0.15) is 0 Å². The van der Waals surface area contributed by atoms with Crippen molar-refractivity contribution in [1.82, 2.24) is 5.16 Å². The molecule has 0 amide bonds. The van der Waals surface area contributed by atoms with Crippen molar-refractivity contribution in [2.45, 2.75) is 19.3 Å². The van der Waals surface area contributed by atoms with Gasteiger partial charge < -0.3 is 9.63 Å². The Hall–Kier alpha value is -1.55. The lowest BCUT2D eigenvalue weighted by atomic mass is 9.88. The van der Waals surface area contributed by atoms with Crippen LogP contribution in [0.2, 0.25) is 5.02 Å². The van der Waals surface area contributed by atoms with Crippen molar-refractivity contribution in [3.05, 3.63) is 29.0 Å². The molecule has 0 fully saturated rings. The van der Waals surface area contributed by atoms with Crippen LogP contribution in [-0.4, -0.2) is 16.2 Å². The third kappa shape index (κ3) is 1.46. The molecule has 0 saturated heterocycles. The summed E-state index contributed by atoms with van der Waals surface area (Å²) in [6, 6.07) is 5.17. The summed E-state index contributed by atoms with van der Waals surface area (Å²) in [7, 11) is 0. The molecule has 0 spiro atoms. The van der Waals surface area contributed by atoms with Gasteiger partial charge in [-0.25, -0.2) is 0 Å². The van der Waals surface area contributed by atoms with Crippen LogP contribution in [-0.2, 0) is 10.2 Å². The Morgan fingerprint density at radius 1 is 1.50 bits per heavy atom. The van der Waals surface area contributed by atoms with E-state index >= 15 is 0 Å². The van der Waals surface area contributed by atoms with E-state index in [-0.39, 0.29) is 0 Å². The van der Waals surface area contributed by atoms with Gasteiger partial charge in [0.2, 0.25) is 0 Å². The number of hydrogen-bond acceptors (Lipinski definition) is 3. The van der Waals surface area contributed by atoms with Crippen molar-refractivity contribution in [3.8, 4) is 0 Å². The Morgan fingerprint density at radius 2 is 2.19 bits per heavy atom. The number of aromatic nitrogens is 1. The van der Waals surface area contributed by atoms with Gasteiger partial charge in [0, 0.05) is 5.39 Å². The second-order valence-corrected chi connectivity index (χ2v) is 4.49. The molecule has 1 N–H and O–H groups in total. The molecule has 1 aromatic carbocycles. The minimum Gasteiger partial charge on any atom is -0.481 e. The first kappa shape index (κ1) is 11.0. The Bertz CT molecular complexity index is 559. The smallest absolute Gasteiger partial charge is 0.316 e. The lowest BCUT2D eigenvalue weighted by Gasteiger charge is -2.15. The maximum absolute atomic E-state index is 11.1. The first-order chi connectivity index (χ1) is 7.44. The molecule has 4 nitrogen and oxygen atoms in total. The summed E-state index contributed by atoms with van der Waals surface area (Å²) >= 11 is 5.93. The van der Waals surface area contributed by atoms with Gasteiger partial charge in [0.25, 0.3) is 0 Å². The van der Waals surface area contributed by atoms with E-state index in [0.29, 0.717) is 21.7 Å². The molecular weight excluding hydrogens is 230 g/mol. The molecule has 2 aromatic rings. The maximum atomic E-state index is 11.1. The van der Waals surface area contributed by atoms with Gasteiger partial charge in [-0.15, -0.1) is 0 Å².